The third kappa shape index (κ3) is 1.69. The van der Waals surface area contributed by atoms with Crippen molar-refractivity contribution in [2.75, 3.05) is 0 Å². The second-order valence-electron chi connectivity index (χ2n) is 2.19. The van der Waals surface area contributed by atoms with Gasteiger partial charge in [-0.1, -0.05) is 0 Å². The lowest BCUT2D eigenvalue weighted by Gasteiger charge is -1.91. The standard InChI is InChI=1S/C7H8N2O2S/c1-4(10)5-2-3-6(12-5)7(11)9-8/h2-3H,8H2,1H3,(H,9,11). The number of hydrazine groups is 1. The van der Waals surface area contributed by atoms with E-state index in [0.717, 1.165) is 11.3 Å². The number of nitrogen functional groups attached to an aromatic ring is 1. The fourth-order valence-electron chi connectivity index (χ4n) is 0.720. The van der Waals surface area contributed by atoms with Crippen LogP contribution in [-0.2, 0) is 0 Å². The van der Waals surface area contributed by atoms with Crippen LogP contribution in [0, 0.1) is 0 Å². The number of amides is 1. The molecule has 0 aliphatic carbocycles. The average molecular weight is 184 g/mol. The lowest BCUT2D eigenvalue weighted by molar-refractivity contribution is 0.0957. The summed E-state index contributed by atoms with van der Waals surface area (Å²) in [6.45, 7) is 1.45. The number of rotatable bonds is 2. The fraction of sp³-hybridized carbons (Fsp3) is 0.143. The van der Waals surface area contributed by atoms with Crippen LogP contribution in [0.15, 0.2) is 12.1 Å². The first-order valence-electron chi connectivity index (χ1n) is 3.27. The van der Waals surface area contributed by atoms with Gasteiger partial charge in [0.1, 0.15) is 0 Å². The van der Waals surface area contributed by atoms with Crippen LogP contribution in [0.1, 0.15) is 26.3 Å². The Morgan fingerprint density at radius 3 is 2.42 bits per heavy atom. The lowest BCUT2D eigenvalue weighted by atomic mass is 10.3. The first-order valence-corrected chi connectivity index (χ1v) is 4.08. The number of ketones is 1. The van der Waals surface area contributed by atoms with Crippen molar-refractivity contribution < 1.29 is 9.59 Å². The Balaban J connectivity index is 2.91. The minimum Gasteiger partial charge on any atom is -0.294 e. The topological polar surface area (TPSA) is 72.2 Å². The van der Waals surface area contributed by atoms with E-state index in [1.165, 1.54) is 6.92 Å². The summed E-state index contributed by atoms with van der Waals surface area (Å²) in [5.74, 6) is 4.50. The van der Waals surface area contributed by atoms with Gasteiger partial charge in [0.25, 0.3) is 5.91 Å². The van der Waals surface area contributed by atoms with E-state index in [-0.39, 0.29) is 11.7 Å². The molecule has 0 aromatic carbocycles. The summed E-state index contributed by atoms with van der Waals surface area (Å²) in [6, 6.07) is 3.18. The van der Waals surface area contributed by atoms with Gasteiger partial charge in [0.2, 0.25) is 0 Å². The van der Waals surface area contributed by atoms with Crippen LogP contribution in [0.5, 0.6) is 0 Å². The van der Waals surface area contributed by atoms with Gasteiger partial charge in [0.05, 0.1) is 9.75 Å². The molecular weight excluding hydrogens is 176 g/mol. The Kier molecular flexibility index (Phi) is 2.57. The predicted octanol–water partition coefficient (Wildman–Crippen LogP) is 0.554. The molecule has 0 atom stereocenters. The molecule has 0 bridgehead atoms. The van der Waals surface area contributed by atoms with E-state index in [1.54, 1.807) is 12.1 Å². The van der Waals surface area contributed by atoms with Crippen molar-refractivity contribution in [3.63, 3.8) is 0 Å². The molecule has 1 aromatic heterocycles. The van der Waals surface area contributed by atoms with Gasteiger partial charge in [-0.3, -0.25) is 15.0 Å². The molecule has 12 heavy (non-hydrogen) atoms. The van der Waals surface area contributed by atoms with Crippen molar-refractivity contribution in [3.05, 3.63) is 21.9 Å². The maximum Gasteiger partial charge on any atom is 0.275 e. The minimum absolute atomic E-state index is 0.0453. The quantitative estimate of drug-likeness (QED) is 0.305. The first kappa shape index (κ1) is 8.89. The third-order valence-corrected chi connectivity index (χ3v) is 2.49. The molecule has 64 valence electrons. The number of nitrogens with one attached hydrogen (secondary N) is 1. The molecule has 0 aliphatic heterocycles. The van der Waals surface area contributed by atoms with Crippen molar-refractivity contribution in [1.29, 1.82) is 0 Å². The van der Waals surface area contributed by atoms with Crippen LogP contribution >= 0.6 is 11.3 Å². The molecule has 3 N–H and O–H groups in total. The van der Waals surface area contributed by atoms with Gasteiger partial charge in [-0.25, -0.2) is 5.84 Å². The van der Waals surface area contributed by atoms with Gasteiger partial charge in [-0.15, -0.1) is 11.3 Å². The predicted molar refractivity (Wildman–Crippen MR) is 46.0 cm³/mol. The molecule has 1 rings (SSSR count). The molecule has 0 saturated heterocycles. The van der Waals surface area contributed by atoms with Crippen LogP contribution in [-0.4, -0.2) is 11.7 Å². The summed E-state index contributed by atoms with van der Waals surface area (Å²) < 4.78 is 0. The highest BCUT2D eigenvalue weighted by atomic mass is 32.1. The molecule has 0 fully saturated rings. The Hall–Kier alpha value is -1.20. The molecule has 5 heteroatoms. The molecule has 1 amide bonds. The maximum atomic E-state index is 10.9. The van der Waals surface area contributed by atoms with Crippen LogP contribution in [0.2, 0.25) is 0 Å². The summed E-state index contributed by atoms with van der Waals surface area (Å²) >= 11 is 1.13. The zero-order valence-electron chi connectivity index (χ0n) is 6.46. The van der Waals surface area contributed by atoms with Gasteiger partial charge >= 0.3 is 0 Å². The van der Waals surface area contributed by atoms with Crippen molar-refractivity contribution >= 4 is 23.0 Å². The van der Waals surface area contributed by atoms with E-state index in [0.29, 0.717) is 9.75 Å². The summed E-state index contributed by atoms with van der Waals surface area (Å²) in [6.07, 6.45) is 0. The zero-order valence-corrected chi connectivity index (χ0v) is 7.27. The summed E-state index contributed by atoms with van der Waals surface area (Å²) in [4.78, 5) is 22.7. The van der Waals surface area contributed by atoms with Crippen LogP contribution in [0.4, 0.5) is 0 Å². The molecule has 0 radical (unpaired) electrons. The van der Waals surface area contributed by atoms with Crippen LogP contribution in [0.3, 0.4) is 0 Å². The molecule has 0 spiro atoms. The van der Waals surface area contributed by atoms with E-state index < -0.39 is 0 Å². The fourth-order valence-corrected chi connectivity index (χ4v) is 1.52. The summed E-state index contributed by atoms with van der Waals surface area (Å²) in [5.41, 5.74) is 1.99. The highest BCUT2D eigenvalue weighted by molar-refractivity contribution is 7.15. The van der Waals surface area contributed by atoms with Crippen LogP contribution in [0.25, 0.3) is 0 Å². The van der Waals surface area contributed by atoms with Crippen molar-refractivity contribution in [3.8, 4) is 0 Å². The smallest absolute Gasteiger partial charge is 0.275 e. The van der Waals surface area contributed by atoms with Gasteiger partial charge in [0, 0.05) is 0 Å². The largest absolute Gasteiger partial charge is 0.294 e. The van der Waals surface area contributed by atoms with E-state index >= 15 is 0 Å². The Morgan fingerprint density at radius 1 is 1.42 bits per heavy atom. The van der Waals surface area contributed by atoms with E-state index in [1.807, 2.05) is 5.43 Å². The minimum atomic E-state index is -0.368. The first-order chi connectivity index (χ1) is 5.65. The number of carbonyl (C=O) groups excluding carboxylic acids is 2. The molecular formula is C7H8N2O2S. The van der Waals surface area contributed by atoms with E-state index in [2.05, 4.69) is 0 Å². The molecule has 1 aromatic rings. The van der Waals surface area contributed by atoms with Crippen molar-refractivity contribution in [2.45, 2.75) is 6.92 Å². The normalized spacial score (nSPS) is 9.50. The zero-order chi connectivity index (χ0) is 9.14. The number of hydrogen-bond acceptors (Lipinski definition) is 4. The Bertz CT molecular complexity index is 319. The van der Waals surface area contributed by atoms with Gasteiger partial charge in [0.15, 0.2) is 5.78 Å². The number of nitrogens with two attached hydrogens (primary N) is 1. The van der Waals surface area contributed by atoms with Crippen LogP contribution < -0.4 is 11.3 Å². The molecule has 0 saturated carbocycles. The van der Waals surface area contributed by atoms with Gasteiger partial charge in [-0.2, -0.15) is 0 Å². The molecule has 1 heterocycles. The maximum absolute atomic E-state index is 10.9. The monoisotopic (exact) mass is 184 g/mol. The van der Waals surface area contributed by atoms with E-state index in [9.17, 15) is 9.59 Å². The highest BCUT2D eigenvalue weighted by Crippen LogP contribution is 2.16. The Labute approximate surface area is 73.3 Å². The Morgan fingerprint density at radius 2 is 2.00 bits per heavy atom. The third-order valence-electron chi connectivity index (χ3n) is 1.31. The molecule has 4 nitrogen and oxygen atoms in total. The second kappa shape index (κ2) is 3.46. The number of hydrogen-bond donors (Lipinski definition) is 2. The molecule has 0 aliphatic rings. The number of Topliss-reactive ketones (excluding diaryl/α,β-unsaturated/α-hetero) is 1. The lowest BCUT2D eigenvalue weighted by Crippen LogP contribution is -2.29. The average Bonchev–Trinajstić information content (AvgIpc) is 2.51. The van der Waals surface area contributed by atoms with Crippen molar-refractivity contribution in [1.82, 2.24) is 5.43 Å². The van der Waals surface area contributed by atoms with Crippen molar-refractivity contribution in [2.24, 2.45) is 5.84 Å². The van der Waals surface area contributed by atoms with E-state index in [4.69, 9.17) is 5.84 Å². The number of thiophene rings is 1. The van der Waals surface area contributed by atoms with Gasteiger partial charge in [-0.05, 0) is 19.1 Å². The second-order valence-corrected chi connectivity index (χ2v) is 3.28. The van der Waals surface area contributed by atoms with Gasteiger partial charge < -0.3 is 0 Å². The summed E-state index contributed by atoms with van der Waals surface area (Å²) in [7, 11) is 0. The number of carbonyl (C=O) groups is 2. The SMILES string of the molecule is CC(=O)c1ccc(C(=O)NN)s1. The molecule has 0 unspecified atom stereocenters. The highest BCUT2D eigenvalue weighted by Gasteiger charge is 2.09. The summed E-state index contributed by atoms with van der Waals surface area (Å²) in [5, 5.41) is 0.